The Morgan fingerprint density at radius 1 is 1.53 bits per heavy atom. The highest BCUT2D eigenvalue weighted by Crippen LogP contribution is 2.27. The van der Waals surface area contributed by atoms with Crippen molar-refractivity contribution in [1.29, 1.82) is 0 Å². The molecule has 0 unspecified atom stereocenters. The molecule has 0 aliphatic heterocycles. The van der Waals surface area contributed by atoms with Crippen LogP contribution in [0, 0.1) is 10.1 Å². The van der Waals surface area contributed by atoms with Crippen LogP contribution in [-0.4, -0.2) is 4.92 Å². The Balaban J connectivity index is 3.07. The summed E-state index contributed by atoms with van der Waals surface area (Å²) in [5, 5.41) is 14.0. The standard InChI is InChI=1S/C10H11ClN2O2/c1-7(2)6-12-9-5-8(11)3-4-10(9)13(14)15/h3-6,12H,1-2H3. The van der Waals surface area contributed by atoms with Gasteiger partial charge in [0.25, 0.3) is 5.69 Å². The first-order chi connectivity index (χ1) is 7.00. The molecule has 0 aromatic heterocycles. The summed E-state index contributed by atoms with van der Waals surface area (Å²) in [5.41, 5.74) is 1.43. The molecular formula is C10H11ClN2O2. The van der Waals surface area contributed by atoms with Crippen LogP contribution in [0.3, 0.4) is 0 Å². The predicted molar refractivity (Wildman–Crippen MR) is 61.2 cm³/mol. The van der Waals surface area contributed by atoms with Crippen molar-refractivity contribution in [3.05, 3.63) is 45.1 Å². The molecule has 80 valence electrons. The molecule has 0 saturated carbocycles. The van der Waals surface area contributed by atoms with Crippen LogP contribution < -0.4 is 5.32 Å². The molecule has 0 radical (unpaired) electrons. The van der Waals surface area contributed by atoms with E-state index in [4.69, 9.17) is 11.6 Å². The fraction of sp³-hybridized carbons (Fsp3) is 0.200. The molecule has 1 rings (SSSR count). The molecule has 0 spiro atoms. The highest BCUT2D eigenvalue weighted by atomic mass is 35.5. The van der Waals surface area contributed by atoms with E-state index in [-0.39, 0.29) is 5.69 Å². The highest BCUT2D eigenvalue weighted by Gasteiger charge is 2.12. The molecule has 15 heavy (non-hydrogen) atoms. The van der Waals surface area contributed by atoms with Crippen LogP contribution in [-0.2, 0) is 0 Å². The van der Waals surface area contributed by atoms with Gasteiger partial charge >= 0.3 is 0 Å². The molecule has 1 aromatic rings. The van der Waals surface area contributed by atoms with Gasteiger partial charge in [0.2, 0.25) is 0 Å². The maximum Gasteiger partial charge on any atom is 0.292 e. The third-order valence-electron chi connectivity index (χ3n) is 1.67. The summed E-state index contributed by atoms with van der Waals surface area (Å²) in [4.78, 5) is 10.2. The van der Waals surface area contributed by atoms with E-state index in [2.05, 4.69) is 5.32 Å². The lowest BCUT2D eigenvalue weighted by atomic mass is 10.2. The molecule has 1 aromatic carbocycles. The van der Waals surface area contributed by atoms with Gasteiger partial charge in [0.1, 0.15) is 5.69 Å². The van der Waals surface area contributed by atoms with Gasteiger partial charge in [-0.25, -0.2) is 0 Å². The smallest absolute Gasteiger partial charge is 0.292 e. The van der Waals surface area contributed by atoms with Gasteiger partial charge in [0, 0.05) is 11.1 Å². The van der Waals surface area contributed by atoms with E-state index >= 15 is 0 Å². The summed E-state index contributed by atoms with van der Waals surface area (Å²) in [6, 6.07) is 4.40. The topological polar surface area (TPSA) is 55.2 Å². The number of rotatable bonds is 3. The first-order valence-electron chi connectivity index (χ1n) is 4.34. The van der Waals surface area contributed by atoms with Crippen LogP contribution in [0.25, 0.3) is 0 Å². The molecule has 0 fully saturated rings. The number of nitrogens with zero attached hydrogens (tertiary/aromatic N) is 1. The predicted octanol–water partition coefficient (Wildman–Crippen LogP) is 3.58. The van der Waals surface area contributed by atoms with Gasteiger partial charge < -0.3 is 5.32 Å². The largest absolute Gasteiger partial charge is 0.356 e. The first-order valence-corrected chi connectivity index (χ1v) is 4.72. The molecule has 0 atom stereocenters. The lowest BCUT2D eigenvalue weighted by molar-refractivity contribution is -0.383. The highest BCUT2D eigenvalue weighted by molar-refractivity contribution is 6.31. The minimum atomic E-state index is -0.447. The van der Waals surface area contributed by atoms with Crippen LogP contribution in [0.5, 0.6) is 0 Å². The van der Waals surface area contributed by atoms with Crippen molar-refractivity contribution in [3.8, 4) is 0 Å². The average Bonchev–Trinajstić information content (AvgIpc) is 2.14. The van der Waals surface area contributed by atoms with Crippen molar-refractivity contribution < 1.29 is 4.92 Å². The van der Waals surface area contributed by atoms with Crippen LogP contribution >= 0.6 is 11.6 Å². The fourth-order valence-electron chi connectivity index (χ4n) is 1.01. The lowest BCUT2D eigenvalue weighted by Crippen LogP contribution is -1.96. The zero-order chi connectivity index (χ0) is 11.4. The molecule has 0 saturated heterocycles. The van der Waals surface area contributed by atoms with Crippen molar-refractivity contribution >= 4 is 23.0 Å². The summed E-state index contributed by atoms with van der Waals surface area (Å²) in [7, 11) is 0. The van der Waals surface area contributed by atoms with Gasteiger partial charge in [0.15, 0.2) is 0 Å². The minimum absolute atomic E-state index is 0.0110. The first kappa shape index (κ1) is 11.5. The van der Waals surface area contributed by atoms with E-state index in [0.717, 1.165) is 5.57 Å². The Bertz CT molecular complexity index is 412. The van der Waals surface area contributed by atoms with E-state index in [1.54, 1.807) is 6.20 Å². The van der Waals surface area contributed by atoms with E-state index in [1.807, 2.05) is 13.8 Å². The molecule has 0 bridgehead atoms. The van der Waals surface area contributed by atoms with Crippen molar-refractivity contribution in [2.75, 3.05) is 5.32 Å². The fourth-order valence-corrected chi connectivity index (χ4v) is 1.18. The number of nitrogens with one attached hydrogen (secondary N) is 1. The number of nitro groups is 1. The Morgan fingerprint density at radius 2 is 2.20 bits per heavy atom. The Labute approximate surface area is 92.7 Å². The van der Waals surface area contributed by atoms with Crippen LogP contribution in [0.15, 0.2) is 30.0 Å². The zero-order valence-electron chi connectivity index (χ0n) is 8.45. The van der Waals surface area contributed by atoms with E-state index < -0.39 is 4.92 Å². The van der Waals surface area contributed by atoms with Crippen molar-refractivity contribution in [2.45, 2.75) is 13.8 Å². The van der Waals surface area contributed by atoms with Crippen molar-refractivity contribution in [1.82, 2.24) is 0 Å². The van der Waals surface area contributed by atoms with E-state index in [9.17, 15) is 10.1 Å². The number of nitro benzene ring substituents is 1. The molecule has 4 nitrogen and oxygen atoms in total. The van der Waals surface area contributed by atoms with Gasteiger partial charge in [-0.2, -0.15) is 0 Å². The number of halogens is 1. The number of benzene rings is 1. The monoisotopic (exact) mass is 226 g/mol. The minimum Gasteiger partial charge on any atom is -0.356 e. The van der Waals surface area contributed by atoms with Crippen molar-refractivity contribution in [2.24, 2.45) is 0 Å². The Hall–Kier alpha value is -1.55. The SMILES string of the molecule is CC(C)=CNc1cc(Cl)ccc1[N+](=O)[O-]. The maximum atomic E-state index is 10.7. The summed E-state index contributed by atoms with van der Waals surface area (Å²) in [6.07, 6.45) is 1.69. The summed E-state index contributed by atoms with van der Waals surface area (Å²) in [5.74, 6) is 0. The van der Waals surface area contributed by atoms with Gasteiger partial charge in [-0.3, -0.25) is 10.1 Å². The molecule has 0 aliphatic carbocycles. The van der Waals surface area contributed by atoms with Crippen molar-refractivity contribution in [3.63, 3.8) is 0 Å². The quantitative estimate of drug-likeness (QED) is 0.633. The van der Waals surface area contributed by atoms with Gasteiger partial charge in [-0.05, 0) is 32.2 Å². The molecule has 0 heterocycles. The summed E-state index contributed by atoms with van der Waals surface area (Å²) < 4.78 is 0. The second kappa shape index (κ2) is 4.79. The number of hydrogen-bond donors (Lipinski definition) is 1. The Morgan fingerprint density at radius 3 is 2.73 bits per heavy atom. The van der Waals surface area contributed by atoms with Crippen LogP contribution in [0.4, 0.5) is 11.4 Å². The zero-order valence-corrected chi connectivity index (χ0v) is 9.21. The number of hydrogen-bond acceptors (Lipinski definition) is 3. The number of anilines is 1. The van der Waals surface area contributed by atoms with Crippen LogP contribution in [0.1, 0.15) is 13.8 Å². The maximum absolute atomic E-state index is 10.7. The average molecular weight is 227 g/mol. The Kier molecular flexibility index (Phi) is 3.68. The molecule has 0 aliphatic rings. The van der Waals surface area contributed by atoms with Crippen LogP contribution in [0.2, 0.25) is 5.02 Å². The number of allylic oxidation sites excluding steroid dienone is 1. The normalized spacial score (nSPS) is 9.53. The second-order valence-electron chi connectivity index (χ2n) is 3.28. The molecular weight excluding hydrogens is 216 g/mol. The summed E-state index contributed by atoms with van der Waals surface area (Å²) >= 11 is 5.75. The van der Waals surface area contributed by atoms with E-state index in [1.165, 1.54) is 18.2 Å². The second-order valence-corrected chi connectivity index (χ2v) is 3.72. The van der Waals surface area contributed by atoms with Gasteiger partial charge in [-0.1, -0.05) is 17.2 Å². The molecule has 1 N–H and O–H groups in total. The summed E-state index contributed by atoms with van der Waals surface area (Å²) in [6.45, 7) is 3.78. The molecule has 5 heteroatoms. The van der Waals surface area contributed by atoms with Gasteiger partial charge in [-0.15, -0.1) is 0 Å². The van der Waals surface area contributed by atoms with E-state index in [0.29, 0.717) is 10.7 Å². The van der Waals surface area contributed by atoms with Gasteiger partial charge in [0.05, 0.1) is 4.92 Å². The molecule has 0 amide bonds. The third kappa shape index (κ3) is 3.25. The lowest BCUT2D eigenvalue weighted by Gasteiger charge is -2.03. The third-order valence-corrected chi connectivity index (χ3v) is 1.91.